The third-order valence-electron chi connectivity index (χ3n) is 3.81. The van der Waals surface area contributed by atoms with E-state index in [1.54, 1.807) is 7.11 Å². The van der Waals surface area contributed by atoms with E-state index >= 15 is 0 Å². The van der Waals surface area contributed by atoms with Crippen molar-refractivity contribution in [1.82, 2.24) is 15.3 Å². The van der Waals surface area contributed by atoms with E-state index in [0.717, 1.165) is 33.4 Å². The van der Waals surface area contributed by atoms with Gasteiger partial charge in [0, 0.05) is 24.4 Å². The molecule has 2 rings (SSSR count). The lowest BCUT2D eigenvalue weighted by Gasteiger charge is -2.10. The lowest BCUT2D eigenvalue weighted by molar-refractivity contribution is -0.121. The first kappa shape index (κ1) is 18.3. The molecule has 2 aromatic rings. The summed E-state index contributed by atoms with van der Waals surface area (Å²) in [5.74, 6) is 0.810. The van der Waals surface area contributed by atoms with E-state index in [1.165, 1.54) is 11.8 Å². The summed E-state index contributed by atoms with van der Waals surface area (Å²) in [6.45, 7) is 4.44. The van der Waals surface area contributed by atoms with Gasteiger partial charge in [-0.05, 0) is 49.8 Å². The zero-order valence-electron chi connectivity index (χ0n) is 14.5. The normalized spacial score (nSPS) is 10.5. The number of hydrogen-bond acceptors (Lipinski definition) is 5. The number of nitrogens with one attached hydrogen (secondary N) is 1. The predicted molar refractivity (Wildman–Crippen MR) is 96.4 cm³/mol. The van der Waals surface area contributed by atoms with E-state index in [0.29, 0.717) is 19.4 Å². The number of carbonyl (C=O) groups is 1. The van der Waals surface area contributed by atoms with Gasteiger partial charge in [0.05, 0.1) is 7.11 Å². The Hall–Kier alpha value is -2.08. The number of thioether (sulfide) groups is 1. The Morgan fingerprint density at radius 2 is 1.96 bits per heavy atom. The van der Waals surface area contributed by atoms with Crippen LogP contribution in [0.5, 0.6) is 5.75 Å². The molecule has 0 unspecified atom stereocenters. The van der Waals surface area contributed by atoms with Gasteiger partial charge in [-0.1, -0.05) is 23.9 Å². The van der Waals surface area contributed by atoms with Crippen LogP contribution in [-0.2, 0) is 17.8 Å². The summed E-state index contributed by atoms with van der Waals surface area (Å²) in [4.78, 5) is 21.0. The molecule has 1 aromatic carbocycles. The van der Waals surface area contributed by atoms with Gasteiger partial charge in [-0.25, -0.2) is 9.97 Å². The molecule has 0 saturated heterocycles. The number of aryl methyl sites for hydroxylation is 2. The zero-order chi connectivity index (χ0) is 17.5. The predicted octanol–water partition coefficient (Wildman–Crippen LogP) is 3.07. The molecule has 0 aliphatic heterocycles. The molecule has 0 bridgehead atoms. The number of rotatable bonds is 7. The second-order valence-electron chi connectivity index (χ2n) is 5.49. The van der Waals surface area contributed by atoms with Crippen LogP contribution in [0.2, 0.25) is 0 Å². The fraction of sp³-hybridized carbons (Fsp3) is 0.389. The first-order valence-corrected chi connectivity index (χ1v) is 9.03. The van der Waals surface area contributed by atoms with Gasteiger partial charge in [-0.2, -0.15) is 0 Å². The second kappa shape index (κ2) is 8.68. The van der Waals surface area contributed by atoms with Crippen molar-refractivity contribution in [2.24, 2.45) is 0 Å². The molecule has 0 radical (unpaired) electrons. The number of carbonyl (C=O) groups excluding carboxylic acids is 1. The van der Waals surface area contributed by atoms with Gasteiger partial charge in [0.15, 0.2) is 5.16 Å². The summed E-state index contributed by atoms with van der Waals surface area (Å²) >= 11 is 1.53. The van der Waals surface area contributed by atoms with Crippen LogP contribution < -0.4 is 10.1 Å². The number of hydrogen-bond donors (Lipinski definition) is 1. The van der Waals surface area contributed by atoms with Crippen LogP contribution in [0.3, 0.4) is 0 Å². The minimum absolute atomic E-state index is 0.0190. The van der Waals surface area contributed by atoms with Gasteiger partial charge < -0.3 is 10.1 Å². The average molecular weight is 345 g/mol. The zero-order valence-corrected chi connectivity index (χ0v) is 15.4. The molecular weight excluding hydrogens is 322 g/mol. The molecule has 0 atom stereocenters. The summed E-state index contributed by atoms with van der Waals surface area (Å²) in [6, 6.07) is 7.68. The van der Waals surface area contributed by atoms with Gasteiger partial charge in [-0.15, -0.1) is 0 Å². The molecule has 5 nitrogen and oxygen atoms in total. The fourth-order valence-corrected chi connectivity index (χ4v) is 2.93. The SMILES string of the molecule is COc1cccc(CNC(=O)CCc2c(C)nc(SC)nc2C)c1. The van der Waals surface area contributed by atoms with Crippen molar-refractivity contribution in [2.75, 3.05) is 13.4 Å². The molecule has 6 heteroatoms. The molecule has 1 N–H and O–H groups in total. The molecular formula is C18H23N3O2S. The van der Waals surface area contributed by atoms with E-state index in [2.05, 4.69) is 15.3 Å². The van der Waals surface area contributed by atoms with Gasteiger partial charge in [0.1, 0.15) is 5.75 Å². The summed E-state index contributed by atoms with van der Waals surface area (Å²) < 4.78 is 5.18. The Balaban J connectivity index is 1.89. The molecule has 1 amide bonds. The fourth-order valence-electron chi connectivity index (χ4n) is 2.47. The maximum absolute atomic E-state index is 12.1. The van der Waals surface area contributed by atoms with Gasteiger partial charge in [0.2, 0.25) is 5.91 Å². The monoisotopic (exact) mass is 345 g/mol. The van der Waals surface area contributed by atoms with Crippen molar-refractivity contribution in [3.8, 4) is 5.75 Å². The molecule has 0 fully saturated rings. The molecule has 24 heavy (non-hydrogen) atoms. The van der Waals surface area contributed by atoms with Gasteiger partial charge in [-0.3, -0.25) is 4.79 Å². The van der Waals surface area contributed by atoms with Crippen LogP contribution in [0.25, 0.3) is 0 Å². The second-order valence-corrected chi connectivity index (χ2v) is 6.26. The molecule has 0 aliphatic carbocycles. The Morgan fingerprint density at radius 3 is 2.58 bits per heavy atom. The van der Waals surface area contributed by atoms with Crippen LogP contribution in [0.4, 0.5) is 0 Å². The number of amides is 1. The third kappa shape index (κ3) is 4.96. The Kier molecular flexibility index (Phi) is 6.61. The van der Waals surface area contributed by atoms with Crippen LogP contribution in [0, 0.1) is 13.8 Å². The van der Waals surface area contributed by atoms with Gasteiger partial charge >= 0.3 is 0 Å². The molecule has 0 saturated carbocycles. The number of benzene rings is 1. The minimum atomic E-state index is 0.0190. The van der Waals surface area contributed by atoms with Crippen LogP contribution >= 0.6 is 11.8 Å². The van der Waals surface area contributed by atoms with Crippen molar-refractivity contribution < 1.29 is 9.53 Å². The standard InChI is InChI=1S/C18H23N3O2S/c1-12-16(13(2)21-18(20-12)24-4)8-9-17(22)19-11-14-6-5-7-15(10-14)23-3/h5-7,10H,8-9,11H2,1-4H3,(H,19,22). The Morgan fingerprint density at radius 1 is 1.25 bits per heavy atom. The highest BCUT2D eigenvalue weighted by atomic mass is 32.2. The lowest BCUT2D eigenvalue weighted by Crippen LogP contribution is -2.23. The molecule has 0 spiro atoms. The van der Waals surface area contributed by atoms with Crippen LogP contribution in [0.15, 0.2) is 29.4 Å². The molecule has 1 aromatic heterocycles. The minimum Gasteiger partial charge on any atom is -0.497 e. The summed E-state index contributed by atoms with van der Waals surface area (Å²) in [6.07, 6.45) is 3.03. The maximum atomic E-state index is 12.1. The smallest absolute Gasteiger partial charge is 0.220 e. The summed E-state index contributed by atoms with van der Waals surface area (Å²) in [5, 5.41) is 3.72. The highest BCUT2D eigenvalue weighted by Crippen LogP contribution is 2.17. The largest absolute Gasteiger partial charge is 0.497 e. The van der Waals surface area contributed by atoms with E-state index in [1.807, 2.05) is 44.4 Å². The topological polar surface area (TPSA) is 64.1 Å². The Bertz CT molecular complexity index is 696. The van der Waals surface area contributed by atoms with E-state index in [4.69, 9.17) is 4.74 Å². The maximum Gasteiger partial charge on any atom is 0.220 e. The first-order chi connectivity index (χ1) is 11.5. The van der Waals surface area contributed by atoms with Crippen LogP contribution in [-0.4, -0.2) is 29.2 Å². The first-order valence-electron chi connectivity index (χ1n) is 7.81. The van der Waals surface area contributed by atoms with E-state index < -0.39 is 0 Å². The quantitative estimate of drug-likeness (QED) is 0.617. The molecule has 0 aliphatic rings. The highest BCUT2D eigenvalue weighted by Gasteiger charge is 2.10. The molecule has 1 heterocycles. The number of aromatic nitrogens is 2. The van der Waals surface area contributed by atoms with Crippen molar-refractivity contribution in [3.63, 3.8) is 0 Å². The van der Waals surface area contributed by atoms with Crippen molar-refractivity contribution in [1.29, 1.82) is 0 Å². The summed E-state index contributed by atoms with van der Waals surface area (Å²) in [5.41, 5.74) is 3.98. The highest BCUT2D eigenvalue weighted by molar-refractivity contribution is 7.98. The Labute approximate surface area is 147 Å². The van der Waals surface area contributed by atoms with Crippen molar-refractivity contribution in [3.05, 3.63) is 46.8 Å². The van der Waals surface area contributed by atoms with Crippen molar-refractivity contribution >= 4 is 17.7 Å². The van der Waals surface area contributed by atoms with Crippen LogP contribution in [0.1, 0.15) is 28.9 Å². The summed E-state index contributed by atoms with van der Waals surface area (Å²) in [7, 11) is 1.63. The average Bonchev–Trinajstić information content (AvgIpc) is 2.59. The third-order valence-corrected chi connectivity index (χ3v) is 4.36. The van der Waals surface area contributed by atoms with Crippen molar-refractivity contribution in [2.45, 2.75) is 38.4 Å². The van der Waals surface area contributed by atoms with E-state index in [9.17, 15) is 4.79 Å². The lowest BCUT2D eigenvalue weighted by atomic mass is 10.1. The molecule has 128 valence electrons. The van der Waals surface area contributed by atoms with Gasteiger partial charge in [0.25, 0.3) is 0 Å². The van der Waals surface area contributed by atoms with E-state index in [-0.39, 0.29) is 5.91 Å². The number of ether oxygens (including phenoxy) is 1. The number of nitrogens with zero attached hydrogens (tertiary/aromatic N) is 2. The number of methoxy groups -OCH3 is 1.